The first kappa shape index (κ1) is 15.8. The Bertz CT molecular complexity index is 445. The molecule has 6 nitrogen and oxygen atoms in total. The summed E-state index contributed by atoms with van der Waals surface area (Å²) in [6, 6.07) is 6.56. The summed E-state index contributed by atoms with van der Waals surface area (Å²) in [7, 11) is 5.28. The van der Waals surface area contributed by atoms with Crippen LogP contribution in [0, 0.1) is 0 Å². The van der Waals surface area contributed by atoms with Gasteiger partial charge in [0.15, 0.2) is 0 Å². The van der Waals surface area contributed by atoms with E-state index in [4.69, 9.17) is 9.84 Å². The van der Waals surface area contributed by atoms with Gasteiger partial charge in [0, 0.05) is 34.2 Å². The lowest BCUT2D eigenvalue weighted by Crippen LogP contribution is -2.34. The Labute approximate surface area is 119 Å². The van der Waals surface area contributed by atoms with Crippen molar-refractivity contribution in [2.24, 2.45) is 4.99 Å². The van der Waals surface area contributed by atoms with Gasteiger partial charge in [-0.25, -0.2) is 4.79 Å². The average Bonchev–Trinajstić information content (AvgIpc) is 2.44. The summed E-state index contributed by atoms with van der Waals surface area (Å²) in [4.78, 5) is 19.1. The quantitative estimate of drug-likeness (QED) is 0.634. The normalized spacial score (nSPS) is 10.6. The second-order valence-corrected chi connectivity index (χ2v) is 4.50. The highest BCUT2D eigenvalue weighted by atomic mass is 16.6. The predicted molar refractivity (Wildman–Crippen MR) is 78.0 cm³/mol. The van der Waals surface area contributed by atoms with Crippen molar-refractivity contribution in [1.29, 1.82) is 0 Å². The molecule has 0 aromatic heterocycles. The van der Waals surface area contributed by atoms with Gasteiger partial charge in [-0.1, -0.05) is 12.1 Å². The molecule has 20 heavy (non-hydrogen) atoms. The van der Waals surface area contributed by atoms with Crippen LogP contribution in [0.5, 0.6) is 5.75 Å². The number of carbonyl (C=O) groups excluding carboxylic acids is 1. The minimum absolute atomic E-state index is 0.190. The largest absolute Gasteiger partial charge is 0.508 e. The van der Waals surface area contributed by atoms with Crippen LogP contribution in [0.15, 0.2) is 29.3 Å². The van der Waals surface area contributed by atoms with Crippen LogP contribution in [-0.4, -0.2) is 61.6 Å². The van der Waals surface area contributed by atoms with E-state index in [-0.39, 0.29) is 18.4 Å². The van der Waals surface area contributed by atoms with Crippen molar-refractivity contribution >= 4 is 12.4 Å². The number of aromatic hydroxyl groups is 1. The van der Waals surface area contributed by atoms with Crippen molar-refractivity contribution in [2.45, 2.75) is 6.61 Å². The van der Waals surface area contributed by atoms with Gasteiger partial charge in [0.2, 0.25) is 0 Å². The van der Waals surface area contributed by atoms with E-state index < -0.39 is 0 Å². The molecule has 0 aliphatic heterocycles. The lowest BCUT2D eigenvalue weighted by Gasteiger charge is -2.20. The van der Waals surface area contributed by atoms with E-state index in [0.29, 0.717) is 13.1 Å². The summed E-state index contributed by atoms with van der Waals surface area (Å²) in [5.41, 5.74) is 0.833. The SMILES string of the molecule is C/N=C/N(C)CCN(C)C(=O)OCc1ccc(O)cc1. The lowest BCUT2D eigenvalue weighted by atomic mass is 10.2. The zero-order chi connectivity index (χ0) is 15.0. The average molecular weight is 279 g/mol. The molecule has 6 heteroatoms. The molecule has 0 unspecified atom stereocenters. The molecular weight excluding hydrogens is 258 g/mol. The van der Waals surface area contributed by atoms with Gasteiger partial charge in [-0.2, -0.15) is 0 Å². The standard InChI is InChI=1S/C14H21N3O3/c1-15-11-16(2)8-9-17(3)14(19)20-10-12-4-6-13(18)7-5-12/h4-7,11,18H,8-10H2,1-3H3/b15-11+. The van der Waals surface area contributed by atoms with Gasteiger partial charge in [-0.15, -0.1) is 0 Å². The van der Waals surface area contributed by atoms with Gasteiger partial charge in [0.25, 0.3) is 0 Å². The van der Waals surface area contributed by atoms with Crippen LogP contribution in [0.4, 0.5) is 4.79 Å². The number of likely N-dealkylation sites (N-methyl/N-ethyl adjacent to an activating group) is 2. The Morgan fingerprint density at radius 3 is 2.55 bits per heavy atom. The van der Waals surface area contributed by atoms with E-state index in [2.05, 4.69) is 4.99 Å². The minimum atomic E-state index is -0.375. The Balaban J connectivity index is 2.32. The molecule has 0 fully saturated rings. The molecule has 0 saturated carbocycles. The number of benzene rings is 1. The summed E-state index contributed by atoms with van der Waals surface area (Å²) < 4.78 is 5.18. The molecule has 1 N–H and O–H groups in total. The third-order valence-electron chi connectivity index (χ3n) is 2.71. The van der Waals surface area contributed by atoms with Gasteiger partial charge in [0.1, 0.15) is 12.4 Å². The van der Waals surface area contributed by atoms with Crippen molar-refractivity contribution in [3.63, 3.8) is 0 Å². The molecule has 0 aliphatic carbocycles. The smallest absolute Gasteiger partial charge is 0.409 e. The maximum absolute atomic E-state index is 11.8. The number of phenolic OH excluding ortho intramolecular Hbond substituents is 1. The molecule has 0 atom stereocenters. The van der Waals surface area contributed by atoms with Crippen LogP contribution < -0.4 is 0 Å². The third kappa shape index (κ3) is 5.60. The fraction of sp³-hybridized carbons (Fsp3) is 0.429. The highest BCUT2D eigenvalue weighted by Gasteiger charge is 2.10. The van der Waals surface area contributed by atoms with Crippen molar-refractivity contribution in [2.75, 3.05) is 34.2 Å². The van der Waals surface area contributed by atoms with Crippen LogP contribution in [0.2, 0.25) is 0 Å². The highest BCUT2D eigenvalue weighted by molar-refractivity contribution is 5.67. The van der Waals surface area contributed by atoms with Gasteiger partial charge in [-0.05, 0) is 17.7 Å². The van der Waals surface area contributed by atoms with E-state index in [1.807, 2.05) is 11.9 Å². The second-order valence-electron chi connectivity index (χ2n) is 4.50. The van der Waals surface area contributed by atoms with E-state index >= 15 is 0 Å². The molecule has 1 aromatic carbocycles. The zero-order valence-corrected chi connectivity index (χ0v) is 12.1. The summed E-state index contributed by atoms with van der Waals surface area (Å²) in [5.74, 6) is 0.192. The second kappa shape index (κ2) is 8.04. The lowest BCUT2D eigenvalue weighted by molar-refractivity contribution is 0.103. The molecule has 1 amide bonds. The molecule has 110 valence electrons. The summed E-state index contributed by atoms with van der Waals surface area (Å²) in [6.07, 6.45) is 1.33. The van der Waals surface area contributed by atoms with Crippen molar-refractivity contribution in [3.05, 3.63) is 29.8 Å². The van der Waals surface area contributed by atoms with E-state index in [1.54, 1.807) is 44.7 Å². The fourth-order valence-corrected chi connectivity index (χ4v) is 1.50. The number of hydrogen-bond donors (Lipinski definition) is 1. The Morgan fingerprint density at radius 1 is 1.30 bits per heavy atom. The zero-order valence-electron chi connectivity index (χ0n) is 12.1. The number of rotatable bonds is 6. The molecule has 0 bridgehead atoms. The maximum atomic E-state index is 11.8. The first-order valence-corrected chi connectivity index (χ1v) is 6.31. The third-order valence-corrected chi connectivity index (χ3v) is 2.71. The molecule has 0 radical (unpaired) electrons. The van der Waals surface area contributed by atoms with E-state index in [0.717, 1.165) is 5.56 Å². The van der Waals surface area contributed by atoms with Crippen LogP contribution in [0.1, 0.15) is 5.56 Å². The number of hydrogen-bond acceptors (Lipinski definition) is 4. The molecule has 0 aliphatic rings. The number of aliphatic imine (C=N–C) groups is 1. The summed E-state index contributed by atoms with van der Waals surface area (Å²) in [5, 5.41) is 9.16. The van der Waals surface area contributed by atoms with E-state index in [1.165, 1.54) is 4.90 Å². The van der Waals surface area contributed by atoms with Crippen molar-refractivity contribution < 1.29 is 14.6 Å². The maximum Gasteiger partial charge on any atom is 0.409 e. The highest BCUT2D eigenvalue weighted by Crippen LogP contribution is 2.10. The van der Waals surface area contributed by atoms with Gasteiger partial charge in [0.05, 0.1) is 6.34 Å². The number of nitrogens with zero attached hydrogens (tertiary/aromatic N) is 3. The summed E-state index contributed by atoms with van der Waals surface area (Å²) in [6.45, 7) is 1.43. The van der Waals surface area contributed by atoms with Crippen LogP contribution in [0.25, 0.3) is 0 Å². The van der Waals surface area contributed by atoms with Gasteiger partial charge >= 0.3 is 6.09 Å². The molecular formula is C14H21N3O3. The molecule has 1 aromatic rings. The summed E-state index contributed by atoms with van der Waals surface area (Å²) >= 11 is 0. The topological polar surface area (TPSA) is 65.4 Å². The number of phenols is 1. The van der Waals surface area contributed by atoms with Gasteiger partial charge < -0.3 is 19.6 Å². The molecule has 0 saturated heterocycles. The molecule has 0 spiro atoms. The van der Waals surface area contributed by atoms with Crippen molar-refractivity contribution in [1.82, 2.24) is 9.80 Å². The van der Waals surface area contributed by atoms with Crippen LogP contribution in [0.3, 0.4) is 0 Å². The van der Waals surface area contributed by atoms with Crippen LogP contribution in [-0.2, 0) is 11.3 Å². The first-order valence-electron chi connectivity index (χ1n) is 6.31. The fourth-order valence-electron chi connectivity index (χ4n) is 1.50. The number of carbonyl (C=O) groups is 1. The Morgan fingerprint density at radius 2 is 1.95 bits per heavy atom. The Kier molecular flexibility index (Phi) is 6.36. The first-order chi connectivity index (χ1) is 9.52. The van der Waals surface area contributed by atoms with E-state index in [9.17, 15) is 4.79 Å². The minimum Gasteiger partial charge on any atom is -0.508 e. The van der Waals surface area contributed by atoms with Crippen LogP contribution >= 0.6 is 0 Å². The number of ether oxygens (including phenoxy) is 1. The number of amides is 1. The van der Waals surface area contributed by atoms with Crippen molar-refractivity contribution in [3.8, 4) is 5.75 Å². The molecule has 0 heterocycles. The van der Waals surface area contributed by atoms with Gasteiger partial charge in [-0.3, -0.25) is 4.99 Å². The monoisotopic (exact) mass is 279 g/mol. The Hall–Kier alpha value is -2.24. The molecule has 1 rings (SSSR count). The predicted octanol–water partition coefficient (Wildman–Crippen LogP) is 1.55.